The van der Waals surface area contributed by atoms with E-state index >= 15 is 0 Å². The van der Waals surface area contributed by atoms with Crippen LogP contribution in [0.5, 0.6) is 5.75 Å². The van der Waals surface area contributed by atoms with Crippen molar-refractivity contribution in [3.8, 4) is 23.1 Å². The summed E-state index contributed by atoms with van der Waals surface area (Å²) < 4.78 is 5.91. The van der Waals surface area contributed by atoms with Crippen LogP contribution in [-0.4, -0.2) is 4.98 Å². The normalized spacial score (nSPS) is 10.2. The second-order valence-corrected chi connectivity index (χ2v) is 5.78. The third kappa shape index (κ3) is 3.61. The van der Waals surface area contributed by atoms with E-state index in [9.17, 15) is 0 Å². The molecule has 0 unspecified atom stereocenters. The molecule has 3 heteroatoms. The number of rotatable bonds is 4. The van der Waals surface area contributed by atoms with Gasteiger partial charge in [-0.15, -0.1) is 0 Å². The van der Waals surface area contributed by atoms with E-state index in [2.05, 4.69) is 11.1 Å². The molecule has 0 aliphatic rings. The molecule has 0 atom stereocenters. The Hall–Kier alpha value is -3.12. The van der Waals surface area contributed by atoms with Crippen LogP contribution in [0.4, 0.5) is 0 Å². The molecule has 24 heavy (non-hydrogen) atoms. The Morgan fingerprint density at radius 1 is 1.00 bits per heavy atom. The number of aryl methyl sites for hydroxylation is 2. The molecule has 0 aliphatic heterocycles. The van der Waals surface area contributed by atoms with Crippen molar-refractivity contribution in [1.82, 2.24) is 4.98 Å². The number of nitrogens with zero attached hydrogens (tertiary/aromatic N) is 2. The van der Waals surface area contributed by atoms with Crippen LogP contribution in [0.2, 0.25) is 0 Å². The van der Waals surface area contributed by atoms with E-state index in [1.807, 2.05) is 68.4 Å². The van der Waals surface area contributed by atoms with E-state index < -0.39 is 0 Å². The Kier molecular flexibility index (Phi) is 4.58. The molecule has 118 valence electrons. The van der Waals surface area contributed by atoms with Crippen LogP contribution in [0, 0.1) is 25.2 Å². The fourth-order valence-corrected chi connectivity index (χ4v) is 2.58. The highest BCUT2D eigenvalue weighted by molar-refractivity contribution is 5.63. The lowest BCUT2D eigenvalue weighted by Gasteiger charge is -2.11. The molecule has 0 bridgehead atoms. The monoisotopic (exact) mass is 314 g/mol. The highest BCUT2D eigenvalue weighted by Gasteiger charge is 2.07. The third-order valence-corrected chi connectivity index (χ3v) is 3.79. The highest BCUT2D eigenvalue weighted by atomic mass is 16.5. The number of aromatic nitrogens is 1. The number of hydrogen-bond donors (Lipinski definition) is 0. The number of ether oxygens (including phenoxy) is 1. The quantitative estimate of drug-likeness (QED) is 0.694. The standard InChI is InChI=1S/C21H18N2O/c1-15-10-19(13-22)23-20(11-15)18-8-9-21(16(2)12-18)24-14-17-6-4-3-5-7-17/h3-12H,14H2,1-2H3. The van der Waals surface area contributed by atoms with E-state index in [1.165, 1.54) is 0 Å². The molecule has 0 amide bonds. The minimum Gasteiger partial charge on any atom is -0.489 e. The summed E-state index contributed by atoms with van der Waals surface area (Å²) in [5.74, 6) is 0.857. The number of hydrogen-bond acceptors (Lipinski definition) is 3. The van der Waals surface area contributed by atoms with E-state index in [0.717, 1.165) is 33.7 Å². The number of nitriles is 1. The maximum atomic E-state index is 9.08. The van der Waals surface area contributed by atoms with Gasteiger partial charge in [0, 0.05) is 5.56 Å². The van der Waals surface area contributed by atoms with Crippen molar-refractivity contribution in [1.29, 1.82) is 5.26 Å². The summed E-state index contributed by atoms with van der Waals surface area (Å²) in [5.41, 5.74) is 5.44. The molecule has 1 heterocycles. The molecular weight excluding hydrogens is 296 g/mol. The molecule has 0 spiro atoms. The van der Waals surface area contributed by atoms with Crippen molar-refractivity contribution in [2.24, 2.45) is 0 Å². The first-order chi connectivity index (χ1) is 11.7. The predicted molar refractivity (Wildman–Crippen MR) is 94.6 cm³/mol. The fraction of sp³-hybridized carbons (Fsp3) is 0.143. The molecule has 0 N–H and O–H groups in total. The van der Waals surface area contributed by atoms with Crippen LogP contribution in [-0.2, 0) is 6.61 Å². The molecule has 0 saturated carbocycles. The number of benzene rings is 2. The average molecular weight is 314 g/mol. The zero-order valence-corrected chi connectivity index (χ0v) is 13.8. The van der Waals surface area contributed by atoms with Crippen molar-refractivity contribution in [2.75, 3.05) is 0 Å². The first-order valence-corrected chi connectivity index (χ1v) is 7.82. The summed E-state index contributed by atoms with van der Waals surface area (Å²) in [7, 11) is 0. The van der Waals surface area contributed by atoms with Gasteiger partial charge in [-0.25, -0.2) is 4.98 Å². The van der Waals surface area contributed by atoms with Crippen LogP contribution >= 0.6 is 0 Å². The van der Waals surface area contributed by atoms with Crippen molar-refractivity contribution < 1.29 is 4.74 Å². The van der Waals surface area contributed by atoms with Gasteiger partial charge in [-0.3, -0.25) is 0 Å². The largest absolute Gasteiger partial charge is 0.489 e. The maximum Gasteiger partial charge on any atom is 0.141 e. The van der Waals surface area contributed by atoms with E-state index in [0.29, 0.717) is 12.3 Å². The molecule has 1 aromatic heterocycles. The summed E-state index contributed by atoms with van der Waals surface area (Å²) in [6.45, 7) is 4.53. The van der Waals surface area contributed by atoms with Crippen LogP contribution in [0.25, 0.3) is 11.3 Å². The number of pyridine rings is 1. The Balaban J connectivity index is 1.82. The molecular formula is C21H18N2O. The van der Waals surface area contributed by atoms with Gasteiger partial charge in [-0.1, -0.05) is 30.3 Å². The fourth-order valence-electron chi connectivity index (χ4n) is 2.58. The lowest BCUT2D eigenvalue weighted by Crippen LogP contribution is -1.97. The maximum absolute atomic E-state index is 9.08. The van der Waals surface area contributed by atoms with Crippen molar-refractivity contribution in [3.63, 3.8) is 0 Å². The highest BCUT2D eigenvalue weighted by Crippen LogP contribution is 2.26. The molecule has 0 radical (unpaired) electrons. The molecule has 3 rings (SSSR count). The second kappa shape index (κ2) is 6.97. The van der Waals surface area contributed by atoms with Gasteiger partial charge < -0.3 is 4.74 Å². The van der Waals surface area contributed by atoms with Crippen molar-refractivity contribution in [3.05, 3.63) is 83.0 Å². The van der Waals surface area contributed by atoms with Crippen molar-refractivity contribution in [2.45, 2.75) is 20.5 Å². The Morgan fingerprint density at radius 2 is 1.79 bits per heavy atom. The summed E-state index contributed by atoms with van der Waals surface area (Å²) in [4.78, 5) is 4.38. The van der Waals surface area contributed by atoms with Gasteiger partial charge in [0.15, 0.2) is 0 Å². The summed E-state index contributed by atoms with van der Waals surface area (Å²) in [6, 6.07) is 22.0. The summed E-state index contributed by atoms with van der Waals surface area (Å²) in [6.07, 6.45) is 0. The first kappa shape index (κ1) is 15.8. The van der Waals surface area contributed by atoms with Crippen LogP contribution in [0.15, 0.2) is 60.7 Å². The molecule has 3 nitrogen and oxygen atoms in total. The SMILES string of the molecule is Cc1cc(C#N)nc(-c2ccc(OCc3ccccc3)c(C)c2)c1. The van der Waals surface area contributed by atoms with Gasteiger partial charge in [0.1, 0.15) is 24.1 Å². The Labute approximate surface area is 142 Å². The predicted octanol–water partition coefficient (Wildman–Crippen LogP) is 4.82. The zero-order valence-electron chi connectivity index (χ0n) is 13.8. The molecule has 0 fully saturated rings. The summed E-state index contributed by atoms with van der Waals surface area (Å²) in [5, 5.41) is 9.08. The molecule has 2 aromatic carbocycles. The van der Waals surface area contributed by atoms with E-state index in [4.69, 9.17) is 10.00 Å². The van der Waals surface area contributed by atoms with E-state index in [-0.39, 0.29) is 0 Å². The topological polar surface area (TPSA) is 45.9 Å². The van der Waals surface area contributed by atoms with Gasteiger partial charge in [0.25, 0.3) is 0 Å². The van der Waals surface area contributed by atoms with Gasteiger partial charge in [-0.2, -0.15) is 5.26 Å². The lowest BCUT2D eigenvalue weighted by atomic mass is 10.1. The zero-order chi connectivity index (χ0) is 16.9. The molecule has 3 aromatic rings. The van der Waals surface area contributed by atoms with Gasteiger partial charge in [-0.05, 0) is 60.9 Å². The summed E-state index contributed by atoms with van der Waals surface area (Å²) >= 11 is 0. The Bertz CT molecular complexity index is 895. The first-order valence-electron chi connectivity index (χ1n) is 7.82. The average Bonchev–Trinajstić information content (AvgIpc) is 2.61. The minimum absolute atomic E-state index is 0.437. The third-order valence-electron chi connectivity index (χ3n) is 3.79. The molecule has 0 saturated heterocycles. The van der Waals surface area contributed by atoms with Gasteiger partial charge in [0.05, 0.1) is 5.69 Å². The van der Waals surface area contributed by atoms with Gasteiger partial charge in [0.2, 0.25) is 0 Å². The second-order valence-electron chi connectivity index (χ2n) is 5.78. The van der Waals surface area contributed by atoms with E-state index in [1.54, 1.807) is 6.07 Å². The van der Waals surface area contributed by atoms with Crippen LogP contribution < -0.4 is 4.74 Å². The van der Waals surface area contributed by atoms with Crippen LogP contribution in [0.3, 0.4) is 0 Å². The van der Waals surface area contributed by atoms with Crippen LogP contribution in [0.1, 0.15) is 22.4 Å². The smallest absolute Gasteiger partial charge is 0.141 e. The minimum atomic E-state index is 0.437. The molecule has 0 aliphatic carbocycles. The van der Waals surface area contributed by atoms with Gasteiger partial charge >= 0.3 is 0 Å². The Morgan fingerprint density at radius 3 is 2.50 bits per heavy atom. The lowest BCUT2D eigenvalue weighted by molar-refractivity contribution is 0.304. The van der Waals surface area contributed by atoms with Crippen molar-refractivity contribution >= 4 is 0 Å².